The average molecular weight is 466 g/mol. The molecule has 7 heteroatoms. The lowest BCUT2D eigenvalue weighted by atomic mass is 9.86. The van der Waals surface area contributed by atoms with Crippen molar-refractivity contribution in [3.8, 4) is 0 Å². The largest absolute Gasteiger partial charge is 0.388 e. The predicted molar refractivity (Wildman–Crippen MR) is 137 cm³/mol. The van der Waals surface area contributed by atoms with Crippen LogP contribution in [-0.2, 0) is 0 Å². The van der Waals surface area contributed by atoms with Crippen molar-refractivity contribution in [1.82, 2.24) is 15.3 Å². The quantitative estimate of drug-likeness (QED) is 0.370. The number of hydrogen-bond acceptors (Lipinski definition) is 6. The first-order valence-corrected chi connectivity index (χ1v) is 12.3. The van der Waals surface area contributed by atoms with Gasteiger partial charge in [-0.15, -0.1) is 0 Å². The molecule has 0 saturated heterocycles. The Morgan fingerprint density at radius 1 is 1.03 bits per heavy atom. The number of aromatic nitrogens is 2. The Kier molecular flexibility index (Phi) is 8.29. The molecule has 4 rings (SSSR count). The number of nitrogens with zero attached hydrogens (tertiary/aromatic N) is 3. The number of nitrogens with one attached hydrogen (secondary N) is 2. The molecule has 1 unspecified atom stereocenters. The highest BCUT2D eigenvalue weighted by Crippen LogP contribution is 2.28. The highest BCUT2D eigenvalue weighted by Gasteiger charge is 2.22. The standard InChI is InChI=1S/C27H36FN5O/c1-33(2)26-23-6-3-4-7-24(23)31-27(32-26)30-22-15-9-19(10-16-22)18-29-17-5-8-25(34)20-11-13-21(28)14-12-20/h3-4,6-7,11-14,19,22,25,29,34H,5,8-10,15-18H2,1-2H3,(H,30,31,32). The van der Waals surface area contributed by atoms with Crippen LogP contribution in [0.4, 0.5) is 16.2 Å². The highest BCUT2D eigenvalue weighted by atomic mass is 19.1. The summed E-state index contributed by atoms with van der Waals surface area (Å²) in [7, 11) is 4.03. The average Bonchev–Trinajstić information content (AvgIpc) is 2.84. The number of aliphatic hydroxyl groups excluding tert-OH is 1. The van der Waals surface area contributed by atoms with Gasteiger partial charge in [0.05, 0.1) is 11.6 Å². The maximum absolute atomic E-state index is 13.0. The molecular formula is C27H36FN5O. The number of aliphatic hydroxyl groups is 1. The summed E-state index contributed by atoms with van der Waals surface area (Å²) in [5, 5.41) is 18.4. The summed E-state index contributed by atoms with van der Waals surface area (Å²) >= 11 is 0. The first kappa shape index (κ1) is 24.4. The normalized spacial score (nSPS) is 19.2. The van der Waals surface area contributed by atoms with Crippen molar-refractivity contribution in [3.63, 3.8) is 0 Å². The Balaban J connectivity index is 1.17. The maximum atomic E-state index is 13.0. The van der Waals surface area contributed by atoms with Gasteiger partial charge in [0.1, 0.15) is 11.6 Å². The molecular weight excluding hydrogens is 429 g/mol. The molecule has 3 aromatic rings. The fraction of sp³-hybridized carbons (Fsp3) is 0.481. The molecule has 2 aromatic carbocycles. The third-order valence-electron chi connectivity index (χ3n) is 6.71. The summed E-state index contributed by atoms with van der Waals surface area (Å²) in [6.07, 6.45) is 5.62. The van der Waals surface area contributed by atoms with Crippen LogP contribution in [0.1, 0.15) is 50.2 Å². The molecule has 0 bridgehead atoms. The van der Waals surface area contributed by atoms with E-state index in [1.165, 1.54) is 25.0 Å². The summed E-state index contributed by atoms with van der Waals surface area (Å²) in [4.78, 5) is 11.6. The third-order valence-corrected chi connectivity index (χ3v) is 6.71. The second-order valence-electron chi connectivity index (χ2n) is 9.56. The number of anilines is 2. The van der Waals surface area contributed by atoms with Crippen LogP contribution in [0.3, 0.4) is 0 Å². The summed E-state index contributed by atoms with van der Waals surface area (Å²) in [5.74, 6) is 2.06. The molecule has 0 spiro atoms. The van der Waals surface area contributed by atoms with Crippen molar-refractivity contribution in [2.75, 3.05) is 37.4 Å². The molecule has 0 aliphatic heterocycles. The molecule has 3 N–H and O–H groups in total. The van der Waals surface area contributed by atoms with E-state index in [1.54, 1.807) is 12.1 Å². The lowest BCUT2D eigenvalue weighted by Crippen LogP contribution is -2.32. The van der Waals surface area contributed by atoms with E-state index in [9.17, 15) is 9.50 Å². The number of rotatable bonds is 10. The van der Waals surface area contributed by atoms with Gasteiger partial charge in [-0.05, 0) is 87.4 Å². The number of fused-ring (bicyclic) bond motifs is 1. The van der Waals surface area contributed by atoms with Crippen LogP contribution in [0.2, 0.25) is 0 Å². The zero-order chi connectivity index (χ0) is 23.9. The molecule has 1 saturated carbocycles. The molecule has 182 valence electrons. The van der Waals surface area contributed by atoms with E-state index in [0.717, 1.165) is 54.6 Å². The Bertz CT molecular complexity index is 1050. The van der Waals surface area contributed by atoms with Crippen LogP contribution in [-0.4, -0.2) is 48.3 Å². The highest BCUT2D eigenvalue weighted by molar-refractivity contribution is 5.90. The minimum absolute atomic E-state index is 0.273. The van der Waals surface area contributed by atoms with Crippen molar-refractivity contribution in [3.05, 3.63) is 59.9 Å². The van der Waals surface area contributed by atoms with Crippen molar-refractivity contribution in [2.24, 2.45) is 5.92 Å². The lowest BCUT2D eigenvalue weighted by molar-refractivity contribution is 0.164. The van der Waals surface area contributed by atoms with E-state index >= 15 is 0 Å². The Hall–Kier alpha value is -2.77. The SMILES string of the molecule is CN(C)c1nc(NC2CCC(CNCCCC(O)c3ccc(F)cc3)CC2)nc2ccccc12. The molecule has 1 aliphatic rings. The van der Waals surface area contributed by atoms with Crippen LogP contribution in [0.5, 0.6) is 0 Å². The molecule has 1 fully saturated rings. The smallest absolute Gasteiger partial charge is 0.225 e. The fourth-order valence-electron chi connectivity index (χ4n) is 4.74. The summed E-state index contributed by atoms with van der Waals surface area (Å²) in [6.45, 7) is 1.89. The molecule has 0 radical (unpaired) electrons. The topological polar surface area (TPSA) is 73.3 Å². The monoisotopic (exact) mass is 465 g/mol. The van der Waals surface area contributed by atoms with Gasteiger partial charge in [-0.25, -0.2) is 9.37 Å². The van der Waals surface area contributed by atoms with Crippen molar-refractivity contribution < 1.29 is 9.50 Å². The third kappa shape index (κ3) is 6.42. The van der Waals surface area contributed by atoms with Gasteiger partial charge in [0.15, 0.2) is 0 Å². The zero-order valence-electron chi connectivity index (χ0n) is 20.2. The first-order chi connectivity index (χ1) is 16.5. The van der Waals surface area contributed by atoms with Gasteiger partial charge in [0.2, 0.25) is 5.95 Å². The maximum Gasteiger partial charge on any atom is 0.225 e. The summed E-state index contributed by atoms with van der Waals surface area (Å²) in [6, 6.07) is 14.7. The zero-order valence-corrected chi connectivity index (χ0v) is 20.2. The van der Waals surface area contributed by atoms with Crippen molar-refractivity contribution in [2.45, 2.75) is 50.7 Å². The summed E-state index contributed by atoms with van der Waals surface area (Å²) in [5.41, 5.74) is 1.74. The van der Waals surface area contributed by atoms with Gasteiger partial charge in [-0.2, -0.15) is 4.98 Å². The minimum Gasteiger partial charge on any atom is -0.388 e. The van der Waals surface area contributed by atoms with Gasteiger partial charge in [-0.3, -0.25) is 0 Å². The van der Waals surface area contributed by atoms with Crippen LogP contribution < -0.4 is 15.5 Å². The predicted octanol–water partition coefficient (Wildman–Crippen LogP) is 4.91. The Morgan fingerprint density at radius 2 is 1.76 bits per heavy atom. The van der Waals surface area contributed by atoms with Gasteiger partial charge in [0, 0.05) is 25.5 Å². The molecule has 6 nitrogen and oxygen atoms in total. The van der Waals surface area contributed by atoms with E-state index < -0.39 is 6.10 Å². The molecule has 0 amide bonds. The number of halogens is 1. The van der Waals surface area contributed by atoms with E-state index in [2.05, 4.69) is 16.7 Å². The van der Waals surface area contributed by atoms with Crippen molar-refractivity contribution in [1.29, 1.82) is 0 Å². The van der Waals surface area contributed by atoms with E-state index in [-0.39, 0.29) is 5.82 Å². The first-order valence-electron chi connectivity index (χ1n) is 12.3. The van der Waals surface area contributed by atoms with Crippen LogP contribution >= 0.6 is 0 Å². The second-order valence-corrected chi connectivity index (χ2v) is 9.56. The number of para-hydroxylation sites is 1. The van der Waals surface area contributed by atoms with Crippen LogP contribution in [0.15, 0.2) is 48.5 Å². The van der Waals surface area contributed by atoms with Gasteiger partial charge in [0.25, 0.3) is 0 Å². The molecule has 1 heterocycles. The molecule has 1 atom stereocenters. The lowest BCUT2D eigenvalue weighted by Gasteiger charge is -2.29. The molecule has 1 aliphatic carbocycles. The van der Waals surface area contributed by atoms with E-state index in [4.69, 9.17) is 9.97 Å². The van der Waals surface area contributed by atoms with Gasteiger partial charge < -0.3 is 20.6 Å². The molecule has 34 heavy (non-hydrogen) atoms. The van der Waals surface area contributed by atoms with E-state index in [0.29, 0.717) is 24.3 Å². The minimum atomic E-state index is -0.533. The van der Waals surface area contributed by atoms with E-state index in [1.807, 2.05) is 37.2 Å². The van der Waals surface area contributed by atoms with Crippen LogP contribution in [0.25, 0.3) is 10.9 Å². The number of hydrogen-bond donors (Lipinski definition) is 3. The number of benzene rings is 2. The Morgan fingerprint density at radius 3 is 2.50 bits per heavy atom. The van der Waals surface area contributed by atoms with Gasteiger partial charge >= 0.3 is 0 Å². The van der Waals surface area contributed by atoms with Gasteiger partial charge in [-0.1, -0.05) is 24.3 Å². The fourth-order valence-corrected chi connectivity index (χ4v) is 4.74. The Labute approximate surface area is 201 Å². The van der Waals surface area contributed by atoms with Crippen LogP contribution in [0, 0.1) is 11.7 Å². The summed E-state index contributed by atoms with van der Waals surface area (Å²) < 4.78 is 13.0. The van der Waals surface area contributed by atoms with Crippen molar-refractivity contribution >= 4 is 22.7 Å². The second kappa shape index (κ2) is 11.6. The molecule has 1 aromatic heterocycles.